The van der Waals surface area contributed by atoms with Gasteiger partial charge < -0.3 is 24.8 Å². The number of nitrogens with one attached hydrogen (secondary N) is 1. The largest absolute Gasteiger partial charge is 0.466 e. The number of nitrogens with zero attached hydrogens (tertiary/aromatic N) is 4. The molecule has 3 fully saturated rings. The van der Waals surface area contributed by atoms with Gasteiger partial charge in [-0.1, -0.05) is 47.1 Å². The van der Waals surface area contributed by atoms with Crippen LogP contribution in [0.3, 0.4) is 0 Å². The topological polar surface area (TPSA) is 136 Å². The highest BCUT2D eigenvalue weighted by Gasteiger charge is 2.77. The Hall–Kier alpha value is -2.57. The lowest BCUT2D eigenvalue weighted by molar-refractivity contribution is -0.155. The van der Waals surface area contributed by atoms with E-state index in [2.05, 4.69) is 31.6 Å². The van der Waals surface area contributed by atoms with E-state index in [0.717, 1.165) is 5.52 Å². The molecule has 11 nitrogen and oxygen atoms in total. The van der Waals surface area contributed by atoms with E-state index >= 15 is 0 Å². The average molecular weight is 578 g/mol. The third kappa shape index (κ3) is 4.13. The number of amides is 2. The fraction of sp³-hybridized carbons (Fsp3) is 0.640. The molecule has 1 unspecified atom stereocenters. The zero-order chi connectivity index (χ0) is 26.5. The van der Waals surface area contributed by atoms with Gasteiger partial charge in [-0.05, 0) is 37.8 Å². The van der Waals surface area contributed by atoms with Crippen LogP contribution >= 0.6 is 15.9 Å². The molecule has 0 radical (unpaired) electrons. The van der Waals surface area contributed by atoms with Crippen LogP contribution in [0.25, 0.3) is 11.0 Å². The Balaban J connectivity index is 1.50. The summed E-state index contributed by atoms with van der Waals surface area (Å²) in [5, 5.41) is 21.5. The van der Waals surface area contributed by atoms with Gasteiger partial charge in [0.15, 0.2) is 0 Å². The number of para-hydroxylation sites is 1. The second kappa shape index (κ2) is 9.95. The molecule has 1 spiro atoms. The number of alkyl halides is 1. The van der Waals surface area contributed by atoms with Crippen molar-refractivity contribution in [3.63, 3.8) is 0 Å². The fourth-order valence-electron chi connectivity index (χ4n) is 6.37. The van der Waals surface area contributed by atoms with Crippen molar-refractivity contribution in [2.24, 2.45) is 17.8 Å². The number of carbonyl (C=O) groups excluding carboxylic acids is 3. The number of fused-ring (bicyclic) bond motifs is 2. The van der Waals surface area contributed by atoms with Crippen LogP contribution in [0, 0.1) is 17.8 Å². The monoisotopic (exact) mass is 577 g/mol. The van der Waals surface area contributed by atoms with Crippen LogP contribution in [0.4, 0.5) is 0 Å². The summed E-state index contributed by atoms with van der Waals surface area (Å²) in [6.07, 6.45) is 0.292. The van der Waals surface area contributed by atoms with E-state index in [1.807, 2.05) is 38.1 Å². The number of aliphatic hydroxyl groups excluding tert-OH is 1. The van der Waals surface area contributed by atoms with Crippen LogP contribution in [0.5, 0.6) is 0 Å². The van der Waals surface area contributed by atoms with Crippen LogP contribution in [0.15, 0.2) is 24.3 Å². The summed E-state index contributed by atoms with van der Waals surface area (Å²) < 4.78 is 13.3. The van der Waals surface area contributed by atoms with E-state index < -0.39 is 47.5 Å². The molecule has 37 heavy (non-hydrogen) atoms. The van der Waals surface area contributed by atoms with Gasteiger partial charge in [-0.25, -0.2) is 4.68 Å². The lowest BCUT2D eigenvalue weighted by Crippen LogP contribution is -2.58. The van der Waals surface area contributed by atoms with Gasteiger partial charge in [0.2, 0.25) is 11.8 Å². The molecular formula is C25H32BrN5O6. The Morgan fingerprint density at radius 2 is 2.11 bits per heavy atom. The number of esters is 1. The van der Waals surface area contributed by atoms with Crippen LogP contribution in [-0.4, -0.2) is 84.6 Å². The van der Waals surface area contributed by atoms with Crippen molar-refractivity contribution in [2.75, 3.05) is 13.2 Å². The van der Waals surface area contributed by atoms with Gasteiger partial charge in [-0.3, -0.25) is 14.4 Å². The highest BCUT2D eigenvalue weighted by Crippen LogP contribution is 2.60. The summed E-state index contributed by atoms with van der Waals surface area (Å²) in [5.74, 6) is -2.82. The first-order chi connectivity index (χ1) is 17.7. The van der Waals surface area contributed by atoms with Crippen LogP contribution in [0.1, 0.15) is 33.6 Å². The quantitative estimate of drug-likeness (QED) is 0.335. The van der Waals surface area contributed by atoms with Crippen molar-refractivity contribution >= 4 is 44.7 Å². The van der Waals surface area contributed by atoms with E-state index in [1.165, 1.54) is 4.90 Å². The van der Waals surface area contributed by atoms with E-state index in [0.29, 0.717) is 18.4 Å². The second-order valence-corrected chi connectivity index (χ2v) is 11.6. The maximum atomic E-state index is 14.0. The van der Waals surface area contributed by atoms with Crippen molar-refractivity contribution in [1.29, 1.82) is 0 Å². The molecule has 4 heterocycles. The number of rotatable bonds is 9. The molecule has 5 rings (SSSR count). The highest BCUT2D eigenvalue weighted by molar-refractivity contribution is 9.09. The van der Waals surface area contributed by atoms with Gasteiger partial charge in [0.25, 0.3) is 0 Å². The molecule has 1 aromatic carbocycles. The minimum Gasteiger partial charge on any atom is -0.466 e. The summed E-state index contributed by atoms with van der Waals surface area (Å²) in [5.41, 5.74) is 0.237. The molecule has 1 aromatic heterocycles. The number of ether oxygens (including phenoxy) is 2. The van der Waals surface area contributed by atoms with Gasteiger partial charge in [-0.15, -0.1) is 5.10 Å². The molecular weight excluding hydrogens is 546 g/mol. The second-order valence-electron chi connectivity index (χ2n) is 10.4. The Bertz CT molecular complexity index is 1210. The first-order valence-corrected chi connectivity index (χ1v) is 13.6. The summed E-state index contributed by atoms with van der Waals surface area (Å²) in [4.78, 5) is 42.2. The number of aliphatic hydroxyl groups is 1. The molecule has 3 aliphatic rings. The molecule has 0 aliphatic carbocycles. The Morgan fingerprint density at radius 3 is 2.81 bits per heavy atom. The van der Waals surface area contributed by atoms with E-state index in [4.69, 9.17) is 9.47 Å². The molecule has 2 N–H and O–H groups in total. The van der Waals surface area contributed by atoms with E-state index in [9.17, 15) is 19.5 Å². The number of halogens is 1. The van der Waals surface area contributed by atoms with E-state index in [-0.39, 0.29) is 36.5 Å². The number of hydrogen-bond donors (Lipinski definition) is 2. The summed E-state index contributed by atoms with van der Waals surface area (Å²) in [7, 11) is 0. The summed E-state index contributed by atoms with van der Waals surface area (Å²) in [6, 6.07) is 5.77. The lowest BCUT2D eigenvalue weighted by atomic mass is 9.70. The Labute approximate surface area is 223 Å². The predicted molar refractivity (Wildman–Crippen MR) is 135 cm³/mol. The third-order valence-electron chi connectivity index (χ3n) is 7.71. The van der Waals surface area contributed by atoms with Crippen molar-refractivity contribution < 1.29 is 29.0 Å². The smallest absolute Gasteiger partial charge is 0.312 e. The van der Waals surface area contributed by atoms with Gasteiger partial charge >= 0.3 is 5.97 Å². The van der Waals surface area contributed by atoms with Gasteiger partial charge in [0.1, 0.15) is 23.8 Å². The first-order valence-electron chi connectivity index (χ1n) is 12.7. The van der Waals surface area contributed by atoms with Gasteiger partial charge in [-0.2, -0.15) is 0 Å². The maximum Gasteiger partial charge on any atom is 0.312 e. The van der Waals surface area contributed by atoms with E-state index in [1.54, 1.807) is 11.6 Å². The summed E-state index contributed by atoms with van der Waals surface area (Å²) >= 11 is 3.63. The lowest BCUT2D eigenvalue weighted by Gasteiger charge is -2.37. The first kappa shape index (κ1) is 26.1. The van der Waals surface area contributed by atoms with Crippen LogP contribution in [-0.2, 0) is 30.5 Å². The van der Waals surface area contributed by atoms with Crippen molar-refractivity contribution in [3.8, 4) is 0 Å². The number of likely N-dealkylation sites (tertiary alicyclic amines) is 1. The molecule has 3 saturated heterocycles. The minimum absolute atomic E-state index is 0.0368. The van der Waals surface area contributed by atoms with Crippen LogP contribution < -0.4 is 5.32 Å². The molecule has 2 bridgehead atoms. The third-order valence-corrected chi connectivity index (χ3v) is 8.55. The normalized spacial score (nSPS) is 31.2. The van der Waals surface area contributed by atoms with Crippen molar-refractivity contribution in [1.82, 2.24) is 25.2 Å². The molecule has 12 heteroatoms. The average Bonchev–Trinajstić information content (AvgIpc) is 3.58. The molecule has 7 atom stereocenters. The van der Waals surface area contributed by atoms with Crippen molar-refractivity contribution in [3.05, 3.63) is 24.3 Å². The zero-order valence-corrected chi connectivity index (χ0v) is 22.6. The van der Waals surface area contributed by atoms with Crippen LogP contribution in [0.2, 0.25) is 0 Å². The molecule has 0 saturated carbocycles. The SMILES string of the molecule is CCOC(=O)[C@H]1[C@@H]2O[C@@]3(CC2Br)[C@@H]1C(=O)N([C@@H](CO)CC(C)C)[C@@H]3C(=O)NCn1nnc2ccccc21. The van der Waals surface area contributed by atoms with Crippen molar-refractivity contribution in [2.45, 2.75) is 68.9 Å². The molecule has 2 aromatic rings. The minimum atomic E-state index is -1.22. The zero-order valence-electron chi connectivity index (χ0n) is 21.0. The fourth-order valence-corrected chi connectivity index (χ4v) is 7.31. The number of aromatic nitrogens is 3. The molecule has 3 aliphatic heterocycles. The Kier molecular flexibility index (Phi) is 7.01. The predicted octanol–water partition coefficient (Wildman–Crippen LogP) is 1.22. The standard InChI is InChI=1S/C25H32BrN5O6/c1-4-36-24(35)18-19-23(34)31(14(11-32)9-13(2)3)21(25(19)10-15(26)20(18)37-25)22(33)27-12-30-17-8-6-5-7-16(17)28-29-30/h5-8,13-15,18-21,32H,4,9-12H2,1-3H3,(H,27,33)/t14-,15?,18-,19+,20-,21-,25+/m1/s1. The highest BCUT2D eigenvalue weighted by atomic mass is 79.9. The van der Waals surface area contributed by atoms with Gasteiger partial charge in [0, 0.05) is 4.83 Å². The molecule has 200 valence electrons. The number of carbonyl (C=O) groups is 3. The number of benzene rings is 1. The summed E-state index contributed by atoms with van der Waals surface area (Å²) in [6.45, 7) is 5.60. The number of hydrogen-bond acceptors (Lipinski definition) is 8. The molecule has 2 amide bonds. The van der Waals surface area contributed by atoms with Gasteiger partial charge in [0.05, 0.1) is 42.7 Å². The maximum absolute atomic E-state index is 14.0. The Morgan fingerprint density at radius 1 is 1.35 bits per heavy atom.